The van der Waals surface area contributed by atoms with Crippen LogP contribution in [0.3, 0.4) is 0 Å². The fraction of sp³-hybridized carbons (Fsp3) is 0.722. The lowest BCUT2D eigenvalue weighted by molar-refractivity contribution is 0.553. The van der Waals surface area contributed by atoms with Crippen molar-refractivity contribution in [3.8, 4) is 0 Å². The fourth-order valence-corrected chi connectivity index (χ4v) is 3.46. The molecule has 1 heterocycles. The highest BCUT2D eigenvalue weighted by atomic mass is 79.9. The highest BCUT2D eigenvalue weighted by Crippen LogP contribution is 2.22. The molecule has 0 saturated heterocycles. The minimum absolute atomic E-state index is 0.530. The van der Waals surface area contributed by atoms with E-state index in [9.17, 15) is 0 Å². The summed E-state index contributed by atoms with van der Waals surface area (Å²) in [7, 11) is 0. The van der Waals surface area contributed by atoms with Gasteiger partial charge in [-0.05, 0) is 24.5 Å². The van der Waals surface area contributed by atoms with Crippen molar-refractivity contribution in [1.29, 1.82) is 0 Å². The molecule has 0 aliphatic rings. The molecule has 120 valence electrons. The van der Waals surface area contributed by atoms with Crippen LogP contribution in [-0.2, 0) is 6.42 Å². The van der Waals surface area contributed by atoms with Gasteiger partial charge in [0.05, 0.1) is 5.02 Å². The highest BCUT2D eigenvalue weighted by molar-refractivity contribution is 9.09. The molecule has 0 N–H and O–H groups in total. The van der Waals surface area contributed by atoms with Crippen molar-refractivity contribution in [2.75, 3.05) is 0 Å². The standard InChI is InChI=1S/C18H29BrClN/c1-2-3-4-5-6-7-8-9-10-11-17(19)14-16-12-13-21-15-18(16)20/h12-13,15,17H,2-11,14H2,1H3. The first kappa shape index (κ1) is 19.0. The van der Waals surface area contributed by atoms with E-state index in [0.29, 0.717) is 4.83 Å². The summed E-state index contributed by atoms with van der Waals surface area (Å²) in [5.41, 5.74) is 1.20. The van der Waals surface area contributed by atoms with Crippen LogP contribution in [0.25, 0.3) is 0 Å². The zero-order valence-corrected chi connectivity index (χ0v) is 15.6. The van der Waals surface area contributed by atoms with Crippen LogP contribution in [-0.4, -0.2) is 9.81 Å². The topological polar surface area (TPSA) is 12.9 Å². The van der Waals surface area contributed by atoms with Crippen molar-refractivity contribution in [1.82, 2.24) is 4.98 Å². The van der Waals surface area contributed by atoms with Gasteiger partial charge in [-0.2, -0.15) is 0 Å². The predicted octanol–water partition coefficient (Wildman–Crippen LogP) is 6.96. The van der Waals surface area contributed by atoms with E-state index in [1.165, 1.54) is 69.8 Å². The van der Waals surface area contributed by atoms with Gasteiger partial charge in [-0.15, -0.1) is 0 Å². The Hall–Kier alpha value is -0.0800. The summed E-state index contributed by atoms with van der Waals surface area (Å²) in [6.45, 7) is 2.27. The van der Waals surface area contributed by atoms with Gasteiger partial charge in [-0.1, -0.05) is 92.2 Å². The highest BCUT2D eigenvalue weighted by Gasteiger charge is 2.08. The van der Waals surface area contributed by atoms with Crippen molar-refractivity contribution in [2.45, 2.75) is 82.4 Å². The van der Waals surface area contributed by atoms with E-state index < -0.39 is 0 Å². The Labute approximate surface area is 144 Å². The normalized spacial score (nSPS) is 12.5. The van der Waals surface area contributed by atoms with Crippen LogP contribution in [0, 0.1) is 0 Å². The second kappa shape index (κ2) is 12.5. The zero-order chi connectivity index (χ0) is 15.3. The van der Waals surface area contributed by atoms with Gasteiger partial charge in [0.1, 0.15) is 0 Å². The average Bonchev–Trinajstić information content (AvgIpc) is 2.48. The lowest BCUT2D eigenvalue weighted by Crippen LogP contribution is -2.03. The summed E-state index contributed by atoms with van der Waals surface area (Å²) in [4.78, 5) is 4.56. The quantitative estimate of drug-likeness (QED) is 0.284. The number of halogens is 2. The molecule has 0 fully saturated rings. The smallest absolute Gasteiger partial charge is 0.0621 e. The van der Waals surface area contributed by atoms with Gasteiger partial charge in [-0.3, -0.25) is 4.98 Å². The van der Waals surface area contributed by atoms with Gasteiger partial charge in [0, 0.05) is 17.2 Å². The Kier molecular flexibility index (Phi) is 11.3. The van der Waals surface area contributed by atoms with E-state index in [4.69, 9.17) is 11.6 Å². The summed E-state index contributed by atoms with van der Waals surface area (Å²) >= 11 is 9.92. The van der Waals surface area contributed by atoms with Crippen molar-refractivity contribution in [3.63, 3.8) is 0 Å². The third-order valence-corrected chi connectivity index (χ3v) is 5.04. The lowest BCUT2D eigenvalue weighted by atomic mass is 10.0. The van der Waals surface area contributed by atoms with E-state index in [1.54, 1.807) is 6.20 Å². The minimum Gasteiger partial charge on any atom is -0.263 e. The average molecular weight is 375 g/mol. The maximum Gasteiger partial charge on any atom is 0.0621 e. The Bertz CT molecular complexity index is 370. The molecule has 0 bridgehead atoms. The molecule has 0 amide bonds. The number of hydrogen-bond acceptors (Lipinski definition) is 1. The number of nitrogens with zero attached hydrogens (tertiary/aromatic N) is 1. The van der Waals surface area contributed by atoms with Crippen LogP contribution < -0.4 is 0 Å². The van der Waals surface area contributed by atoms with Crippen LogP contribution in [0.1, 0.15) is 76.7 Å². The first-order valence-corrected chi connectivity index (χ1v) is 9.76. The molecule has 1 nitrogen and oxygen atoms in total. The molecule has 0 aliphatic heterocycles. The number of rotatable bonds is 12. The molecule has 21 heavy (non-hydrogen) atoms. The molecule has 0 saturated carbocycles. The largest absolute Gasteiger partial charge is 0.263 e. The van der Waals surface area contributed by atoms with Gasteiger partial charge in [0.15, 0.2) is 0 Å². The number of hydrogen-bond donors (Lipinski definition) is 0. The van der Waals surface area contributed by atoms with Crippen LogP contribution in [0.4, 0.5) is 0 Å². The third-order valence-electron chi connectivity index (χ3n) is 3.92. The van der Waals surface area contributed by atoms with Crippen LogP contribution >= 0.6 is 27.5 Å². The molecule has 1 aromatic rings. The van der Waals surface area contributed by atoms with Crippen LogP contribution in [0.15, 0.2) is 18.5 Å². The molecule has 0 radical (unpaired) electrons. The maximum absolute atomic E-state index is 6.14. The summed E-state index contributed by atoms with van der Waals surface area (Å²) in [6, 6.07) is 2.02. The number of aromatic nitrogens is 1. The van der Waals surface area contributed by atoms with Gasteiger partial charge in [0.2, 0.25) is 0 Å². The van der Waals surface area contributed by atoms with E-state index in [-0.39, 0.29) is 0 Å². The maximum atomic E-state index is 6.14. The second-order valence-corrected chi connectivity index (χ2v) is 7.59. The number of alkyl halides is 1. The molecule has 0 aliphatic carbocycles. The minimum atomic E-state index is 0.530. The Morgan fingerprint density at radius 3 is 2.29 bits per heavy atom. The molecule has 3 heteroatoms. The molecule has 1 unspecified atom stereocenters. The van der Waals surface area contributed by atoms with E-state index in [1.807, 2.05) is 12.3 Å². The van der Waals surface area contributed by atoms with Crippen LogP contribution in [0.5, 0.6) is 0 Å². The molecule has 1 aromatic heterocycles. The molecule has 1 atom stereocenters. The summed E-state index contributed by atoms with van der Waals surface area (Å²) in [5.74, 6) is 0. The summed E-state index contributed by atoms with van der Waals surface area (Å²) in [6.07, 6.45) is 18.3. The molecule has 0 aromatic carbocycles. The van der Waals surface area contributed by atoms with Crippen molar-refractivity contribution in [2.24, 2.45) is 0 Å². The molecular formula is C18H29BrClN. The predicted molar refractivity (Wildman–Crippen MR) is 97.5 cm³/mol. The number of pyridine rings is 1. The van der Waals surface area contributed by atoms with E-state index >= 15 is 0 Å². The zero-order valence-electron chi connectivity index (χ0n) is 13.3. The van der Waals surface area contributed by atoms with Gasteiger partial charge < -0.3 is 0 Å². The van der Waals surface area contributed by atoms with Gasteiger partial charge in [-0.25, -0.2) is 0 Å². The first-order valence-electron chi connectivity index (χ1n) is 8.46. The third kappa shape index (κ3) is 9.52. The Morgan fingerprint density at radius 1 is 1.05 bits per heavy atom. The molecule has 1 rings (SSSR count). The van der Waals surface area contributed by atoms with E-state index in [2.05, 4.69) is 27.8 Å². The van der Waals surface area contributed by atoms with Crippen molar-refractivity contribution >= 4 is 27.5 Å². The monoisotopic (exact) mass is 373 g/mol. The Morgan fingerprint density at radius 2 is 1.67 bits per heavy atom. The summed E-state index contributed by atoms with van der Waals surface area (Å²) < 4.78 is 0. The van der Waals surface area contributed by atoms with Crippen molar-refractivity contribution < 1.29 is 0 Å². The Balaban J connectivity index is 1.99. The number of unbranched alkanes of at least 4 members (excludes halogenated alkanes) is 8. The summed E-state index contributed by atoms with van der Waals surface area (Å²) in [5, 5.41) is 0.786. The van der Waals surface area contributed by atoms with Gasteiger partial charge in [0.25, 0.3) is 0 Å². The van der Waals surface area contributed by atoms with E-state index in [0.717, 1.165) is 11.4 Å². The lowest BCUT2D eigenvalue weighted by Gasteiger charge is -2.10. The molecule has 0 spiro atoms. The first-order chi connectivity index (χ1) is 10.2. The van der Waals surface area contributed by atoms with Crippen molar-refractivity contribution in [3.05, 3.63) is 29.0 Å². The van der Waals surface area contributed by atoms with Gasteiger partial charge >= 0.3 is 0 Å². The SMILES string of the molecule is CCCCCCCCCCCC(Br)Cc1ccncc1Cl. The fourth-order valence-electron chi connectivity index (χ4n) is 2.59. The molecular weight excluding hydrogens is 346 g/mol. The second-order valence-electron chi connectivity index (χ2n) is 5.89. The van der Waals surface area contributed by atoms with Crippen LogP contribution in [0.2, 0.25) is 5.02 Å².